The largest absolute Gasteiger partial charge is 0.328 e. The van der Waals surface area contributed by atoms with Gasteiger partial charge in [0.2, 0.25) is 0 Å². The van der Waals surface area contributed by atoms with Gasteiger partial charge in [0.15, 0.2) is 5.78 Å². The molecular formula is C15H22N2O3. The van der Waals surface area contributed by atoms with Crippen molar-refractivity contribution in [3.8, 4) is 0 Å². The second-order valence-corrected chi connectivity index (χ2v) is 6.00. The van der Waals surface area contributed by atoms with Gasteiger partial charge in [-0.3, -0.25) is 14.2 Å². The minimum Gasteiger partial charge on any atom is -0.313 e. The highest BCUT2D eigenvalue weighted by molar-refractivity contribution is 5.93. The van der Waals surface area contributed by atoms with Gasteiger partial charge in [-0.2, -0.15) is 0 Å². The highest BCUT2D eigenvalue weighted by Gasteiger charge is 2.31. The molecule has 0 radical (unpaired) electrons. The quantitative estimate of drug-likeness (QED) is 0.861. The van der Waals surface area contributed by atoms with Crippen molar-refractivity contribution < 1.29 is 4.79 Å². The van der Waals surface area contributed by atoms with Gasteiger partial charge in [0, 0.05) is 12.2 Å². The number of nitrogens with one attached hydrogen (secondary N) is 1. The zero-order valence-corrected chi connectivity index (χ0v) is 12.3. The summed E-state index contributed by atoms with van der Waals surface area (Å²) in [6, 6.07) is -0.0979. The lowest BCUT2D eigenvalue weighted by atomic mass is 9.77. The second-order valence-electron chi connectivity index (χ2n) is 6.00. The number of hydrogen-bond acceptors (Lipinski definition) is 3. The number of rotatable bonds is 3. The number of aromatic nitrogens is 2. The van der Waals surface area contributed by atoms with Crippen molar-refractivity contribution >= 4 is 5.78 Å². The Morgan fingerprint density at radius 2 is 1.95 bits per heavy atom. The van der Waals surface area contributed by atoms with E-state index < -0.39 is 11.2 Å². The Balaban J connectivity index is 2.56. The zero-order valence-electron chi connectivity index (χ0n) is 12.3. The van der Waals surface area contributed by atoms with Gasteiger partial charge in [0.25, 0.3) is 5.56 Å². The van der Waals surface area contributed by atoms with E-state index in [0.717, 1.165) is 25.7 Å². The highest BCUT2D eigenvalue weighted by atomic mass is 16.2. The minimum absolute atomic E-state index is 0.0673. The first-order valence-corrected chi connectivity index (χ1v) is 7.28. The number of Topliss-reactive ketones (excluding diaryl/α,β-unsaturated/α-hetero) is 1. The van der Waals surface area contributed by atoms with Gasteiger partial charge < -0.3 is 4.98 Å². The van der Waals surface area contributed by atoms with Crippen LogP contribution in [0, 0.1) is 11.8 Å². The fourth-order valence-corrected chi connectivity index (χ4v) is 3.28. The van der Waals surface area contributed by atoms with E-state index in [1.807, 2.05) is 0 Å². The summed E-state index contributed by atoms with van der Waals surface area (Å²) in [7, 11) is 0. The molecule has 1 aromatic heterocycles. The third kappa shape index (κ3) is 2.62. The lowest BCUT2D eigenvalue weighted by molar-refractivity contribution is 0.101. The summed E-state index contributed by atoms with van der Waals surface area (Å²) in [5.41, 5.74) is -0.783. The standard InChI is InChI=1S/C15H22N2O3/c1-9(2)11-6-4-5-7-13(11)17-14(19)12(10(3)18)8-16-15(17)20/h8-9,11,13H,4-7H2,1-3H3,(H,16,20). The predicted octanol–water partition coefficient (Wildman–Crippen LogP) is 2.13. The average molecular weight is 278 g/mol. The van der Waals surface area contributed by atoms with E-state index in [9.17, 15) is 14.4 Å². The Morgan fingerprint density at radius 3 is 2.55 bits per heavy atom. The second kappa shape index (κ2) is 5.77. The number of nitrogens with zero attached hydrogens (tertiary/aromatic N) is 1. The van der Waals surface area contributed by atoms with Gasteiger partial charge in [-0.1, -0.05) is 26.7 Å². The summed E-state index contributed by atoms with van der Waals surface area (Å²) in [6.45, 7) is 5.59. The third-order valence-electron chi connectivity index (χ3n) is 4.36. The molecule has 2 unspecified atom stereocenters. The van der Waals surface area contributed by atoms with Crippen molar-refractivity contribution in [3.05, 3.63) is 32.6 Å². The van der Waals surface area contributed by atoms with E-state index >= 15 is 0 Å². The van der Waals surface area contributed by atoms with E-state index in [4.69, 9.17) is 0 Å². The third-order valence-corrected chi connectivity index (χ3v) is 4.36. The smallest absolute Gasteiger partial charge is 0.313 e. The van der Waals surface area contributed by atoms with Gasteiger partial charge in [-0.05, 0) is 31.6 Å². The van der Waals surface area contributed by atoms with Crippen LogP contribution in [-0.4, -0.2) is 15.3 Å². The van der Waals surface area contributed by atoms with E-state index in [2.05, 4.69) is 18.8 Å². The summed E-state index contributed by atoms with van der Waals surface area (Å²) in [5.74, 6) is 0.411. The molecule has 5 heteroatoms. The summed E-state index contributed by atoms with van der Waals surface area (Å²) in [5, 5.41) is 0. The van der Waals surface area contributed by atoms with Crippen molar-refractivity contribution in [2.24, 2.45) is 11.8 Å². The molecular weight excluding hydrogens is 256 g/mol. The number of carbonyl (C=O) groups excluding carboxylic acids is 1. The van der Waals surface area contributed by atoms with Crippen LogP contribution < -0.4 is 11.2 Å². The Kier molecular flexibility index (Phi) is 4.26. The normalized spacial score (nSPS) is 23.0. The van der Waals surface area contributed by atoms with Gasteiger partial charge in [0.1, 0.15) is 0 Å². The number of hydrogen-bond donors (Lipinski definition) is 1. The first-order valence-electron chi connectivity index (χ1n) is 7.28. The fraction of sp³-hybridized carbons (Fsp3) is 0.667. The average Bonchev–Trinajstić information content (AvgIpc) is 2.38. The van der Waals surface area contributed by atoms with Gasteiger partial charge in [0.05, 0.1) is 5.56 Å². The highest BCUT2D eigenvalue weighted by Crippen LogP contribution is 2.37. The number of aromatic amines is 1. The Hall–Kier alpha value is -1.65. The van der Waals surface area contributed by atoms with Gasteiger partial charge in [-0.25, -0.2) is 4.79 Å². The maximum atomic E-state index is 12.4. The molecule has 0 amide bonds. The van der Waals surface area contributed by atoms with Gasteiger partial charge >= 0.3 is 5.69 Å². The first kappa shape index (κ1) is 14.8. The number of H-pyrrole nitrogens is 1. The molecule has 2 rings (SSSR count). The molecule has 1 fully saturated rings. The molecule has 110 valence electrons. The summed E-state index contributed by atoms with van der Waals surface area (Å²) >= 11 is 0. The van der Waals surface area contributed by atoms with Crippen LogP contribution in [0.1, 0.15) is 62.9 Å². The molecule has 1 aliphatic rings. The molecule has 1 heterocycles. The maximum absolute atomic E-state index is 12.4. The molecule has 0 aliphatic heterocycles. The van der Waals surface area contributed by atoms with Gasteiger partial charge in [-0.15, -0.1) is 0 Å². The summed E-state index contributed by atoms with van der Waals surface area (Å²) in [6.07, 6.45) is 5.24. The maximum Gasteiger partial charge on any atom is 0.328 e. The monoisotopic (exact) mass is 278 g/mol. The summed E-state index contributed by atoms with van der Waals surface area (Å²) < 4.78 is 1.28. The van der Waals surface area contributed by atoms with Crippen LogP contribution in [0.5, 0.6) is 0 Å². The SMILES string of the molecule is CC(=O)c1c[nH]c(=O)n(C2CCCCC2C(C)C)c1=O. The van der Waals surface area contributed by atoms with E-state index in [0.29, 0.717) is 11.8 Å². The van der Waals surface area contributed by atoms with E-state index in [1.165, 1.54) is 17.7 Å². The molecule has 0 aromatic carbocycles. The number of carbonyl (C=O) groups is 1. The van der Waals surface area contributed by atoms with Crippen molar-refractivity contribution in [1.82, 2.24) is 9.55 Å². The molecule has 0 bridgehead atoms. The molecule has 1 saturated carbocycles. The summed E-state index contributed by atoms with van der Waals surface area (Å²) in [4.78, 5) is 38.5. The Labute approximate surface area is 118 Å². The molecule has 1 aliphatic carbocycles. The Bertz CT molecular complexity index is 612. The fourth-order valence-electron chi connectivity index (χ4n) is 3.28. The van der Waals surface area contributed by atoms with Crippen molar-refractivity contribution in [2.75, 3.05) is 0 Å². The zero-order chi connectivity index (χ0) is 14.9. The molecule has 2 atom stereocenters. The minimum atomic E-state index is -0.446. The van der Waals surface area contributed by atoms with Crippen LogP contribution in [-0.2, 0) is 0 Å². The van der Waals surface area contributed by atoms with Crippen molar-refractivity contribution in [1.29, 1.82) is 0 Å². The van der Waals surface area contributed by atoms with Crippen LogP contribution in [0.25, 0.3) is 0 Å². The molecule has 1 aromatic rings. The van der Waals surface area contributed by atoms with Crippen LogP contribution in [0.15, 0.2) is 15.8 Å². The molecule has 20 heavy (non-hydrogen) atoms. The Morgan fingerprint density at radius 1 is 1.30 bits per heavy atom. The predicted molar refractivity (Wildman–Crippen MR) is 77.2 cm³/mol. The lowest BCUT2D eigenvalue weighted by Crippen LogP contribution is -2.44. The number of ketones is 1. The van der Waals surface area contributed by atoms with Crippen molar-refractivity contribution in [3.63, 3.8) is 0 Å². The van der Waals surface area contributed by atoms with E-state index in [-0.39, 0.29) is 17.4 Å². The van der Waals surface area contributed by atoms with Crippen LogP contribution >= 0.6 is 0 Å². The van der Waals surface area contributed by atoms with Crippen LogP contribution in [0.2, 0.25) is 0 Å². The topological polar surface area (TPSA) is 71.9 Å². The molecule has 0 saturated heterocycles. The van der Waals surface area contributed by atoms with Crippen LogP contribution in [0.4, 0.5) is 0 Å². The molecule has 0 spiro atoms. The molecule has 1 N–H and O–H groups in total. The van der Waals surface area contributed by atoms with Crippen molar-refractivity contribution in [2.45, 2.75) is 52.5 Å². The van der Waals surface area contributed by atoms with E-state index in [1.54, 1.807) is 0 Å². The van der Waals surface area contributed by atoms with Crippen LogP contribution in [0.3, 0.4) is 0 Å². The first-order chi connectivity index (χ1) is 9.43. The lowest BCUT2D eigenvalue weighted by Gasteiger charge is -2.34. The molecule has 5 nitrogen and oxygen atoms in total.